The Hall–Kier alpha value is -3.14. The van der Waals surface area contributed by atoms with E-state index in [1.807, 2.05) is 48.5 Å². The average molecular weight is 360 g/mol. The third-order valence-corrected chi connectivity index (χ3v) is 4.67. The van der Waals surface area contributed by atoms with Crippen molar-refractivity contribution < 1.29 is 9.59 Å². The van der Waals surface area contributed by atoms with E-state index in [4.69, 9.17) is 0 Å². The average Bonchev–Trinajstić information content (AvgIpc) is 2.68. The number of nitrogens with zero attached hydrogens (tertiary/aromatic N) is 1. The summed E-state index contributed by atoms with van der Waals surface area (Å²) in [6.07, 6.45) is 0.227. The van der Waals surface area contributed by atoms with Gasteiger partial charge in [0.1, 0.15) is 0 Å². The van der Waals surface area contributed by atoms with Crippen molar-refractivity contribution in [2.75, 3.05) is 7.05 Å². The summed E-state index contributed by atoms with van der Waals surface area (Å²) >= 11 is 0. The van der Waals surface area contributed by atoms with E-state index in [0.717, 1.165) is 21.9 Å². The van der Waals surface area contributed by atoms with Gasteiger partial charge < -0.3 is 10.2 Å². The largest absolute Gasteiger partial charge is 0.349 e. The van der Waals surface area contributed by atoms with Crippen LogP contribution < -0.4 is 5.32 Å². The van der Waals surface area contributed by atoms with Gasteiger partial charge in [-0.2, -0.15) is 0 Å². The summed E-state index contributed by atoms with van der Waals surface area (Å²) < 4.78 is 0. The van der Waals surface area contributed by atoms with Crippen LogP contribution in [0, 0.1) is 0 Å². The number of hydrogen-bond donors (Lipinski definition) is 1. The molecule has 3 aromatic rings. The first-order chi connectivity index (χ1) is 13.0. The molecule has 3 rings (SSSR count). The maximum absolute atomic E-state index is 12.8. The normalized spacial score (nSPS) is 11.8. The first-order valence-electron chi connectivity index (χ1n) is 9.07. The van der Waals surface area contributed by atoms with Crippen LogP contribution in [0.3, 0.4) is 0 Å². The van der Waals surface area contributed by atoms with Crippen LogP contribution in [0.15, 0.2) is 72.8 Å². The van der Waals surface area contributed by atoms with Crippen LogP contribution >= 0.6 is 0 Å². The predicted molar refractivity (Wildman–Crippen MR) is 108 cm³/mol. The number of nitrogens with one attached hydrogen (secondary N) is 1. The third-order valence-electron chi connectivity index (χ3n) is 4.67. The topological polar surface area (TPSA) is 49.4 Å². The second kappa shape index (κ2) is 8.49. The SMILES string of the molecule is CC(=O)NC(CC(=O)N(C)Cc1cccc2ccccc12)c1ccccc1. The molecule has 4 nitrogen and oxygen atoms in total. The van der Waals surface area contributed by atoms with Gasteiger partial charge in [0.15, 0.2) is 0 Å². The number of fused-ring (bicyclic) bond motifs is 1. The summed E-state index contributed by atoms with van der Waals surface area (Å²) in [7, 11) is 1.81. The molecule has 0 saturated heterocycles. The highest BCUT2D eigenvalue weighted by Crippen LogP contribution is 2.22. The van der Waals surface area contributed by atoms with Crippen molar-refractivity contribution in [3.63, 3.8) is 0 Å². The van der Waals surface area contributed by atoms with Crippen LogP contribution in [-0.2, 0) is 16.1 Å². The van der Waals surface area contributed by atoms with E-state index in [1.54, 1.807) is 11.9 Å². The van der Waals surface area contributed by atoms with Crippen LogP contribution in [0.25, 0.3) is 10.8 Å². The molecule has 0 radical (unpaired) electrons. The van der Waals surface area contributed by atoms with E-state index in [9.17, 15) is 9.59 Å². The second-order valence-electron chi connectivity index (χ2n) is 6.76. The zero-order chi connectivity index (χ0) is 19.2. The quantitative estimate of drug-likeness (QED) is 0.720. The lowest BCUT2D eigenvalue weighted by molar-refractivity contribution is -0.131. The molecule has 0 aliphatic carbocycles. The fraction of sp³-hybridized carbons (Fsp3) is 0.217. The third kappa shape index (κ3) is 4.73. The van der Waals surface area contributed by atoms with Gasteiger partial charge in [-0.15, -0.1) is 0 Å². The van der Waals surface area contributed by atoms with Crippen molar-refractivity contribution in [3.05, 3.63) is 83.9 Å². The standard InChI is InChI=1S/C23H24N2O2/c1-17(26)24-22(19-10-4-3-5-11-19)15-23(27)25(2)16-20-13-8-12-18-9-6-7-14-21(18)20/h3-14,22H,15-16H2,1-2H3,(H,24,26). The summed E-state index contributed by atoms with van der Waals surface area (Å²) in [6, 6.07) is 23.6. The van der Waals surface area contributed by atoms with Crippen molar-refractivity contribution in [1.82, 2.24) is 10.2 Å². The number of rotatable bonds is 6. The summed E-state index contributed by atoms with van der Waals surface area (Å²) in [5.41, 5.74) is 2.04. The predicted octanol–water partition coefficient (Wildman–Crippen LogP) is 4.07. The number of benzene rings is 3. The zero-order valence-corrected chi connectivity index (χ0v) is 15.7. The van der Waals surface area contributed by atoms with Crippen molar-refractivity contribution in [3.8, 4) is 0 Å². The number of carbonyl (C=O) groups excluding carboxylic acids is 2. The van der Waals surface area contributed by atoms with Crippen molar-refractivity contribution >= 4 is 22.6 Å². The molecular weight excluding hydrogens is 336 g/mol. The zero-order valence-electron chi connectivity index (χ0n) is 15.7. The monoisotopic (exact) mass is 360 g/mol. The molecule has 27 heavy (non-hydrogen) atoms. The number of carbonyl (C=O) groups is 2. The lowest BCUT2D eigenvalue weighted by atomic mass is 10.0. The highest BCUT2D eigenvalue weighted by molar-refractivity contribution is 5.86. The lowest BCUT2D eigenvalue weighted by Crippen LogP contribution is -2.33. The maximum Gasteiger partial charge on any atom is 0.225 e. The van der Waals surface area contributed by atoms with E-state index in [2.05, 4.69) is 29.6 Å². The Kier molecular flexibility index (Phi) is 5.87. The molecule has 0 saturated carbocycles. The van der Waals surface area contributed by atoms with Gasteiger partial charge in [-0.05, 0) is 21.9 Å². The Balaban J connectivity index is 1.74. The molecule has 0 fully saturated rings. The smallest absolute Gasteiger partial charge is 0.225 e. The van der Waals surface area contributed by atoms with E-state index in [-0.39, 0.29) is 24.3 Å². The van der Waals surface area contributed by atoms with Gasteiger partial charge in [0, 0.05) is 20.5 Å². The van der Waals surface area contributed by atoms with Crippen LogP contribution in [0.1, 0.15) is 30.5 Å². The van der Waals surface area contributed by atoms with Gasteiger partial charge in [-0.1, -0.05) is 72.8 Å². The second-order valence-corrected chi connectivity index (χ2v) is 6.76. The molecule has 4 heteroatoms. The minimum Gasteiger partial charge on any atom is -0.349 e. The molecule has 1 N–H and O–H groups in total. The van der Waals surface area contributed by atoms with Crippen molar-refractivity contribution in [1.29, 1.82) is 0 Å². The molecule has 0 aliphatic heterocycles. The van der Waals surface area contributed by atoms with Crippen LogP contribution in [-0.4, -0.2) is 23.8 Å². The van der Waals surface area contributed by atoms with E-state index in [0.29, 0.717) is 6.54 Å². The van der Waals surface area contributed by atoms with Gasteiger partial charge in [-0.25, -0.2) is 0 Å². The summed E-state index contributed by atoms with van der Waals surface area (Å²) in [5.74, 6) is -0.154. The molecule has 0 heterocycles. The molecule has 2 amide bonds. The highest BCUT2D eigenvalue weighted by atomic mass is 16.2. The summed E-state index contributed by atoms with van der Waals surface area (Å²) in [4.78, 5) is 26.1. The minimum atomic E-state index is -0.328. The number of hydrogen-bond acceptors (Lipinski definition) is 2. The molecule has 0 aromatic heterocycles. The minimum absolute atomic E-state index is 0.00876. The van der Waals surface area contributed by atoms with Gasteiger partial charge >= 0.3 is 0 Å². The summed E-state index contributed by atoms with van der Waals surface area (Å²) in [6.45, 7) is 2.00. The van der Waals surface area contributed by atoms with Crippen LogP contribution in [0.2, 0.25) is 0 Å². The van der Waals surface area contributed by atoms with Gasteiger partial charge in [-0.3, -0.25) is 9.59 Å². The molecule has 3 aromatic carbocycles. The molecule has 1 atom stereocenters. The summed E-state index contributed by atoms with van der Waals surface area (Å²) in [5, 5.41) is 5.21. The number of amides is 2. The van der Waals surface area contributed by atoms with Crippen molar-refractivity contribution in [2.45, 2.75) is 25.9 Å². The molecule has 138 valence electrons. The Morgan fingerprint density at radius 1 is 0.926 bits per heavy atom. The van der Waals surface area contributed by atoms with Crippen LogP contribution in [0.5, 0.6) is 0 Å². The van der Waals surface area contributed by atoms with E-state index in [1.165, 1.54) is 6.92 Å². The Labute approximate surface area is 159 Å². The van der Waals surface area contributed by atoms with Crippen LogP contribution in [0.4, 0.5) is 0 Å². The van der Waals surface area contributed by atoms with E-state index < -0.39 is 0 Å². The van der Waals surface area contributed by atoms with Gasteiger partial charge in [0.25, 0.3) is 0 Å². The van der Waals surface area contributed by atoms with Gasteiger partial charge in [0.05, 0.1) is 12.5 Å². The lowest BCUT2D eigenvalue weighted by Gasteiger charge is -2.23. The van der Waals surface area contributed by atoms with Crippen molar-refractivity contribution in [2.24, 2.45) is 0 Å². The van der Waals surface area contributed by atoms with E-state index >= 15 is 0 Å². The molecular formula is C23H24N2O2. The Bertz CT molecular complexity index is 932. The molecule has 0 spiro atoms. The Morgan fingerprint density at radius 3 is 2.33 bits per heavy atom. The Morgan fingerprint density at radius 2 is 1.59 bits per heavy atom. The van der Waals surface area contributed by atoms with Gasteiger partial charge in [0.2, 0.25) is 11.8 Å². The molecule has 0 aliphatic rings. The highest BCUT2D eigenvalue weighted by Gasteiger charge is 2.20. The maximum atomic E-state index is 12.8. The molecule has 0 bridgehead atoms. The first-order valence-corrected chi connectivity index (χ1v) is 9.07. The molecule has 1 unspecified atom stereocenters. The fourth-order valence-corrected chi connectivity index (χ4v) is 3.29. The first kappa shape index (κ1) is 18.6. The fourth-order valence-electron chi connectivity index (χ4n) is 3.29.